The summed E-state index contributed by atoms with van der Waals surface area (Å²) in [5.41, 5.74) is 11.6. The summed E-state index contributed by atoms with van der Waals surface area (Å²) in [5.74, 6) is 0.453. The molecule has 0 unspecified atom stereocenters. The van der Waals surface area contributed by atoms with E-state index in [1.54, 1.807) is 0 Å². The van der Waals surface area contributed by atoms with Crippen molar-refractivity contribution < 1.29 is 0 Å². The zero-order chi connectivity index (χ0) is 16.9. The molecule has 0 bridgehead atoms. The molecule has 0 spiro atoms. The lowest BCUT2D eigenvalue weighted by molar-refractivity contribution is 0.666. The zero-order valence-corrected chi connectivity index (χ0v) is 16.9. The highest BCUT2D eigenvalue weighted by molar-refractivity contribution is 14.0. The number of aliphatic imine (C=N–C) groups is 1. The number of hydrogen-bond acceptors (Lipinski definition) is 2. The Balaban J connectivity index is 0.00000225. The van der Waals surface area contributed by atoms with Crippen molar-refractivity contribution in [1.82, 2.24) is 9.55 Å². The van der Waals surface area contributed by atoms with Crippen molar-refractivity contribution >= 4 is 46.7 Å². The van der Waals surface area contributed by atoms with Gasteiger partial charge in [0.2, 0.25) is 0 Å². The normalized spacial score (nSPS) is 11.4. The minimum Gasteiger partial charge on any atom is -0.370 e. The van der Waals surface area contributed by atoms with E-state index in [-0.39, 0.29) is 24.0 Å². The maximum atomic E-state index is 5.96. The molecular formula is C19H24IN5. The van der Waals surface area contributed by atoms with E-state index in [9.17, 15) is 0 Å². The van der Waals surface area contributed by atoms with Crippen molar-refractivity contribution in [3.8, 4) is 0 Å². The molecule has 0 radical (unpaired) electrons. The molecule has 1 aromatic heterocycles. The van der Waals surface area contributed by atoms with Gasteiger partial charge in [-0.2, -0.15) is 0 Å². The minimum absolute atomic E-state index is 0. The number of fused-ring (bicyclic) bond motifs is 1. The molecule has 0 aliphatic rings. The van der Waals surface area contributed by atoms with E-state index in [0.717, 1.165) is 29.7 Å². The van der Waals surface area contributed by atoms with Gasteiger partial charge >= 0.3 is 0 Å². The molecule has 1 heterocycles. The fourth-order valence-electron chi connectivity index (χ4n) is 2.64. The highest BCUT2D eigenvalue weighted by Gasteiger charge is 2.01. The molecule has 0 saturated carbocycles. The molecule has 132 valence electrons. The predicted octanol–water partition coefficient (Wildman–Crippen LogP) is 4.09. The Morgan fingerprint density at radius 1 is 1.16 bits per heavy atom. The second-order valence-electron chi connectivity index (χ2n) is 5.97. The molecule has 0 atom stereocenters. The van der Waals surface area contributed by atoms with Gasteiger partial charge in [-0.3, -0.25) is 4.99 Å². The van der Waals surface area contributed by atoms with Crippen LogP contribution in [0.2, 0.25) is 0 Å². The number of halogens is 1. The van der Waals surface area contributed by atoms with Gasteiger partial charge in [-0.1, -0.05) is 18.2 Å². The van der Waals surface area contributed by atoms with Gasteiger partial charge in [0, 0.05) is 18.8 Å². The lowest BCUT2D eigenvalue weighted by Gasteiger charge is -2.08. The van der Waals surface area contributed by atoms with E-state index in [1.165, 1.54) is 11.1 Å². The van der Waals surface area contributed by atoms with Gasteiger partial charge < -0.3 is 15.6 Å². The summed E-state index contributed by atoms with van der Waals surface area (Å²) in [7, 11) is 0. The molecule has 3 aromatic rings. The van der Waals surface area contributed by atoms with Crippen LogP contribution in [-0.2, 0) is 6.54 Å². The standard InChI is InChI=1S/C19H23N5.HI/c1-14-8-9-16(12-15(14)2)23-19(20)21-10-5-11-24-13-22-17-6-3-4-7-18(17)24;/h3-4,6-9,12-13H,5,10-11H2,1-2H3,(H3,20,21,23);1H. The number of hydrogen-bond donors (Lipinski definition) is 2. The number of benzene rings is 2. The molecule has 3 rings (SSSR count). The number of nitrogens with one attached hydrogen (secondary N) is 1. The summed E-state index contributed by atoms with van der Waals surface area (Å²) in [5, 5.41) is 3.14. The molecule has 25 heavy (non-hydrogen) atoms. The molecule has 2 aromatic carbocycles. The number of anilines is 1. The number of nitrogens with zero attached hydrogens (tertiary/aromatic N) is 3. The highest BCUT2D eigenvalue weighted by Crippen LogP contribution is 2.14. The van der Waals surface area contributed by atoms with Gasteiger partial charge in [0.05, 0.1) is 17.4 Å². The second-order valence-corrected chi connectivity index (χ2v) is 5.97. The Morgan fingerprint density at radius 2 is 1.96 bits per heavy atom. The number of para-hydroxylation sites is 2. The van der Waals surface area contributed by atoms with E-state index >= 15 is 0 Å². The molecular weight excluding hydrogens is 425 g/mol. The molecule has 0 aliphatic heterocycles. The Bertz CT molecular complexity index is 869. The first-order valence-corrected chi connectivity index (χ1v) is 8.17. The van der Waals surface area contributed by atoms with Gasteiger partial charge in [-0.15, -0.1) is 24.0 Å². The smallest absolute Gasteiger partial charge is 0.193 e. The maximum Gasteiger partial charge on any atom is 0.193 e. The van der Waals surface area contributed by atoms with Gasteiger partial charge in [-0.05, 0) is 55.7 Å². The molecule has 5 nitrogen and oxygen atoms in total. The number of aromatic nitrogens is 2. The summed E-state index contributed by atoms with van der Waals surface area (Å²) in [6, 6.07) is 14.3. The lowest BCUT2D eigenvalue weighted by atomic mass is 10.1. The van der Waals surface area contributed by atoms with Crippen molar-refractivity contribution in [1.29, 1.82) is 0 Å². The number of aryl methyl sites for hydroxylation is 3. The van der Waals surface area contributed by atoms with E-state index in [4.69, 9.17) is 5.73 Å². The first-order valence-electron chi connectivity index (χ1n) is 8.17. The van der Waals surface area contributed by atoms with Crippen LogP contribution >= 0.6 is 24.0 Å². The van der Waals surface area contributed by atoms with Gasteiger partial charge in [-0.25, -0.2) is 4.98 Å². The van der Waals surface area contributed by atoms with Crippen LogP contribution in [0.25, 0.3) is 11.0 Å². The number of imidazole rings is 1. The Morgan fingerprint density at radius 3 is 2.76 bits per heavy atom. The van der Waals surface area contributed by atoms with E-state index in [0.29, 0.717) is 12.5 Å². The van der Waals surface area contributed by atoms with Gasteiger partial charge in [0.15, 0.2) is 5.96 Å². The predicted molar refractivity (Wildman–Crippen MR) is 116 cm³/mol. The largest absolute Gasteiger partial charge is 0.370 e. The fourth-order valence-corrected chi connectivity index (χ4v) is 2.64. The third kappa shape index (κ3) is 4.94. The van der Waals surface area contributed by atoms with Crippen LogP contribution in [0.1, 0.15) is 17.5 Å². The summed E-state index contributed by atoms with van der Waals surface area (Å²) in [4.78, 5) is 8.79. The molecule has 0 saturated heterocycles. The minimum atomic E-state index is 0. The summed E-state index contributed by atoms with van der Waals surface area (Å²) in [6.45, 7) is 5.73. The second kappa shape index (κ2) is 8.84. The third-order valence-corrected chi connectivity index (χ3v) is 4.15. The quantitative estimate of drug-likeness (QED) is 0.267. The van der Waals surface area contributed by atoms with E-state index < -0.39 is 0 Å². The number of rotatable bonds is 5. The lowest BCUT2D eigenvalue weighted by Crippen LogP contribution is -2.23. The van der Waals surface area contributed by atoms with Crippen molar-refractivity contribution in [3.63, 3.8) is 0 Å². The van der Waals surface area contributed by atoms with Gasteiger partial charge in [0.1, 0.15) is 0 Å². The average molecular weight is 449 g/mol. The van der Waals surface area contributed by atoms with Crippen molar-refractivity contribution in [2.75, 3.05) is 11.9 Å². The Kier molecular flexibility index (Phi) is 6.81. The highest BCUT2D eigenvalue weighted by atomic mass is 127. The number of guanidine groups is 1. The van der Waals surface area contributed by atoms with Crippen molar-refractivity contribution in [2.24, 2.45) is 10.7 Å². The maximum absolute atomic E-state index is 5.96. The van der Waals surface area contributed by atoms with Crippen LogP contribution in [0.3, 0.4) is 0 Å². The topological polar surface area (TPSA) is 68.2 Å². The van der Waals surface area contributed by atoms with Crippen LogP contribution in [0, 0.1) is 13.8 Å². The van der Waals surface area contributed by atoms with Crippen LogP contribution in [0.5, 0.6) is 0 Å². The summed E-state index contributed by atoms with van der Waals surface area (Å²) in [6.07, 6.45) is 2.79. The zero-order valence-electron chi connectivity index (χ0n) is 14.6. The van der Waals surface area contributed by atoms with Gasteiger partial charge in [0.25, 0.3) is 0 Å². The van der Waals surface area contributed by atoms with Crippen molar-refractivity contribution in [2.45, 2.75) is 26.8 Å². The molecule has 0 amide bonds. The summed E-state index contributed by atoms with van der Waals surface area (Å²) < 4.78 is 2.15. The van der Waals surface area contributed by atoms with Crippen LogP contribution in [0.15, 0.2) is 53.8 Å². The first-order chi connectivity index (χ1) is 11.6. The van der Waals surface area contributed by atoms with Crippen LogP contribution in [-0.4, -0.2) is 22.1 Å². The third-order valence-electron chi connectivity index (χ3n) is 4.15. The molecule has 0 fully saturated rings. The fraction of sp³-hybridized carbons (Fsp3) is 0.263. The molecule has 6 heteroatoms. The van der Waals surface area contributed by atoms with Crippen LogP contribution in [0.4, 0.5) is 5.69 Å². The Hall–Kier alpha value is -2.09. The van der Waals surface area contributed by atoms with E-state index in [2.05, 4.69) is 51.9 Å². The molecule has 0 aliphatic carbocycles. The Labute approximate surface area is 165 Å². The average Bonchev–Trinajstić information content (AvgIpc) is 2.98. The molecule has 3 N–H and O–H groups in total. The SMILES string of the molecule is Cc1ccc(NC(N)=NCCCn2cnc3ccccc32)cc1C.I. The van der Waals surface area contributed by atoms with Crippen molar-refractivity contribution in [3.05, 3.63) is 59.9 Å². The number of nitrogens with two attached hydrogens (primary N) is 1. The monoisotopic (exact) mass is 449 g/mol. The first kappa shape index (κ1) is 19.2. The van der Waals surface area contributed by atoms with E-state index in [1.807, 2.05) is 30.6 Å². The van der Waals surface area contributed by atoms with Crippen LogP contribution < -0.4 is 11.1 Å². The summed E-state index contributed by atoms with van der Waals surface area (Å²) >= 11 is 0.